The summed E-state index contributed by atoms with van der Waals surface area (Å²) in [5, 5.41) is 15.1. The molecule has 102 valence electrons. The Balaban J connectivity index is 2.11. The number of aromatic nitrogens is 2. The van der Waals surface area contributed by atoms with Crippen LogP contribution >= 0.6 is 23.2 Å². The maximum absolute atomic E-state index is 5.91. The Morgan fingerprint density at radius 3 is 2.53 bits per heavy atom. The van der Waals surface area contributed by atoms with Gasteiger partial charge in [-0.25, -0.2) is 0 Å². The Hall–Kier alpha value is -1.30. The molecule has 1 aromatic carbocycles. The van der Waals surface area contributed by atoms with Crippen LogP contribution in [0.4, 0.5) is 11.7 Å². The fourth-order valence-electron chi connectivity index (χ4n) is 1.60. The van der Waals surface area contributed by atoms with Crippen molar-refractivity contribution in [3.05, 3.63) is 34.1 Å². The third-order valence-electron chi connectivity index (χ3n) is 2.44. The van der Waals surface area contributed by atoms with Crippen molar-refractivity contribution in [2.45, 2.75) is 19.9 Å². The molecule has 0 radical (unpaired) electrons. The molecule has 0 aliphatic heterocycles. The lowest BCUT2D eigenvalue weighted by molar-refractivity contribution is 0.430. The normalized spacial score (nSPS) is 12.4. The molecule has 0 saturated heterocycles. The Morgan fingerprint density at radius 2 is 1.89 bits per heavy atom. The number of anilines is 2. The van der Waals surface area contributed by atoms with Gasteiger partial charge in [0.1, 0.15) is 0 Å². The first-order chi connectivity index (χ1) is 9.08. The van der Waals surface area contributed by atoms with Crippen molar-refractivity contribution in [1.82, 2.24) is 15.5 Å². The molecule has 0 fully saturated rings. The van der Waals surface area contributed by atoms with Gasteiger partial charge in [-0.2, -0.15) is 0 Å². The summed E-state index contributed by atoms with van der Waals surface area (Å²) in [6.45, 7) is 4.80. The van der Waals surface area contributed by atoms with Crippen LogP contribution in [0.25, 0.3) is 0 Å². The van der Waals surface area contributed by atoms with E-state index in [0.29, 0.717) is 27.6 Å². The summed E-state index contributed by atoms with van der Waals surface area (Å²) in [6, 6.07) is 5.42. The number of rotatable bonds is 5. The molecule has 0 aliphatic carbocycles. The number of hydrogen-bond donors (Lipinski definition) is 2. The van der Waals surface area contributed by atoms with Gasteiger partial charge >= 0.3 is 6.01 Å². The van der Waals surface area contributed by atoms with Crippen LogP contribution in [0.3, 0.4) is 0 Å². The van der Waals surface area contributed by atoms with Gasteiger partial charge in [-0.3, -0.25) is 0 Å². The molecule has 1 aromatic heterocycles. The fraction of sp³-hybridized carbons (Fsp3) is 0.333. The summed E-state index contributed by atoms with van der Waals surface area (Å²) >= 11 is 11.8. The molecule has 19 heavy (non-hydrogen) atoms. The van der Waals surface area contributed by atoms with E-state index < -0.39 is 0 Å². The predicted molar refractivity (Wildman–Crippen MR) is 76.1 cm³/mol. The van der Waals surface area contributed by atoms with Gasteiger partial charge in [0, 0.05) is 15.7 Å². The maximum Gasteiger partial charge on any atom is 0.320 e. The van der Waals surface area contributed by atoms with E-state index in [2.05, 4.69) is 20.8 Å². The van der Waals surface area contributed by atoms with Crippen LogP contribution in [0.1, 0.15) is 25.8 Å². The number of nitrogens with zero attached hydrogens (tertiary/aromatic N) is 2. The Bertz CT molecular complexity index is 538. The van der Waals surface area contributed by atoms with Crippen molar-refractivity contribution in [3.63, 3.8) is 0 Å². The molecule has 7 heteroatoms. The molecule has 0 spiro atoms. The van der Waals surface area contributed by atoms with E-state index in [-0.39, 0.29) is 6.04 Å². The molecule has 0 aliphatic rings. The van der Waals surface area contributed by atoms with Gasteiger partial charge in [0.25, 0.3) is 0 Å². The van der Waals surface area contributed by atoms with Gasteiger partial charge in [0.05, 0.1) is 6.04 Å². The van der Waals surface area contributed by atoms with Gasteiger partial charge < -0.3 is 15.1 Å². The zero-order valence-corrected chi connectivity index (χ0v) is 12.1. The molecule has 2 aromatic rings. The molecule has 2 rings (SSSR count). The fourth-order valence-corrected chi connectivity index (χ4v) is 2.13. The second-order valence-corrected chi connectivity index (χ2v) is 4.88. The minimum atomic E-state index is 0.0102. The molecule has 5 nitrogen and oxygen atoms in total. The summed E-state index contributed by atoms with van der Waals surface area (Å²) in [7, 11) is 0. The number of halogens is 2. The highest BCUT2D eigenvalue weighted by Gasteiger charge is 2.12. The summed E-state index contributed by atoms with van der Waals surface area (Å²) in [6.07, 6.45) is 0. The van der Waals surface area contributed by atoms with Gasteiger partial charge in [-0.05, 0) is 31.7 Å². The first-order valence-corrected chi connectivity index (χ1v) is 6.64. The molecule has 1 atom stereocenters. The van der Waals surface area contributed by atoms with Crippen molar-refractivity contribution in [2.24, 2.45) is 0 Å². The van der Waals surface area contributed by atoms with Gasteiger partial charge in [-0.15, -0.1) is 5.10 Å². The summed E-state index contributed by atoms with van der Waals surface area (Å²) in [4.78, 5) is 0. The number of benzene rings is 1. The average Bonchev–Trinajstić information content (AvgIpc) is 2.76. The minimum Gasteiger partial charge on any atom is -0.406 e. The molecule has 2 N–H and O–H groups in total. The maximum atomic E-state index is 5.91. The molecular weight excluding hydrogens is 287 g/mol. The van der Waals surface area contributed by atoms with Crippen molar-refractivity contribution in [1.29, 1.82) is 0 Å². The molecule has 0 saturated carbocycles. The van der Waals surface area contributed by atoms with Crippen LogP contribution in [0, 0.1) is 0 Å². The van der Waals surface area contributed by atoms with E-state index in [9.17, 15) is 0 Å². The van der Waals surface area contributed by atoms with E-state index in [1.165, 1.54) is 0 Å². The minimum absolute atomic E-state index is 0.0102. The lowest BCUT2D eigenvalue weighted by Crippen LogP contribution is -2.17. The standard InChI is InChI=1S/C12H14Cl2N4O/c1-3-15-7(2)11-17-18-12(19-11)16-10-5-8(13)4-9(14)6-10/h4-7,15H,3H2,1-2H3,(H,16,18). The van der Waals surface area contributed by atoms with Gasteiger partial charge in [0.2, 0.25) is 5.89 Å². The topological polar surface area (TPSA) is 63.0 Å². The first kappa shape index (κ1) is 14.1. The van der Waals surface area contributed by atoms with E-state index >= 15 is 0 Å². The van der Waals surface area contributed by atoms with E-state index in [1.807, 2.05) is 13.8 Å². The SMILES string of the molecule is CCNC(C)c1nnc(Nc2cc(Cl)cc(Cl)c2)o1. The Labute approximate surface area is 121 Å². The largest absolute Gasteiger partial charge is 0.406 e. The van der Waals surface area contributed by atoms with Crippen LogP contribution in [0.2, 0.25) is 10.0 Å². The number of hydrogen-bond acceptors (Lipinski definition) is 5. The third kappa shape index (κ3) is 3.83. The van der Waals surface area contributed by atoms with Crippen molar-refractivity contribution >= 4 is 34.9 Å². The molecule has 1 heterocycles. The third-order valence-corrected chi connectivity index (χ3v) is 2.87. The zero-order chi connectivity index (χ0) is 13.8. The van der Waals surface area contributed by atoms with Crippen LogP contribution < -0.4 is 10.6 Å². The van der Waals surface area contributed by atoms with Crippen molar-refractivity contribution < 1.29 is 4.42 Å². The van der Waals surface area contributed by atoms with Crippen molar-refractivity contribution in [2.75, 3.05) is 11.9 Å². The highest BCUT2D eigenvalue weighted by molar-refractivity contribution is 6.35. The van der Waals surface area contributed by atoms with Crippen molar-refractivity contribution in [3.8, 4) is 0 Å². The Kier molecular flexibility index (Phi) is 4.63. The molecule has 0 amide bonds. The van der Waals surface area contributed by atoms with Crippen LogP contribution in [0.15, 0.2) is 22.6 Å². The highest BCUT2D eigenvalue weighted by Crippen LogP contribution is 2.25. The molecule has 0 bridgehead atoms. The lowest BCUT2D eigenvalue weighted by Gasteiger charge is -2.06. The van der Waals surface area contributed by atoms with Gasteiger partial charge in [-0.1, -0.05) is 35.2 Å². The second-order valence-electron chi connectivity index (χ2n) is 4.01. The van der Waals surface area contributed by atoms with E-state index in [4.69, 9.17) is 27.6 Å². The summed E-state index contributed by atoms with van der Waals surface area (Å²) in [5.74, 6) is 0.525. The van der Waals surface area contributed by atoms with Crippen LogP contribution in [-0.2, 0) is 0 Å². The smallest absolute Gasteiger partial charge is 0.320 e. The van der Waals surface area contributed by atoms with E-state index in [1.54, 1.807) is 18.2 Å². The Morgan fingerprint density at radius 1 is 1.21 bits per heavy atom. The monoisotopic (exact) mass is 300 g/mol. The van der Waals surface area contributed by atoms with Crippen LogP contribution in [0.5, 0.6) is 0 Å². The first-order valence-electron chi connectivity index (χ1n) is 5.88. The molecule has 1 unspecified atom stereocenters. The number of nitrogens with one attached hydrogen (secondary N) is 2. The molecular formula is C12H14Cl2N4O. The van der Waals surface area contributed by atoms with E-state index in [0.717, 1.165) is 6.54 Å². The zero-order valence-electron chi connectivity index (χ0n) is 10.6. The second kappa shape index (κ2) is 6.23. The quantitative estimate of drug-likeness (QED) is 0.879. The average molecular weight is 301 g/mol. The van der Waals surface area contributed by atoms with Gasteiger partial charge in [0.15, 0.2) is 0 Å². The highest BCUT2D eigenvalue weighted by atomic mass is 35.5. The predicted octanol–water partition coefficient (Wildman–Crippen LogP) is 3.79. The lowest BCUT2D eigenvalue weighted by atomic mass is 10.3. The summed E-state index contributed by atoms with van der Waals surface area (Å²) < 4.78 is 5.50. The summed E-state index contributed by atoms with van der Waals surface area (Å²) in [5.41, 5.74) is 0.698. The van der Waals surface area contributed by atoms with Crippen LogP contribution in [-0.4, -0.2) is 16.7 Å².